The van der Waals surface area contributed by atoms with E-state index >= 15 is 0 Å². The first-order valence-electron chi connectivity index (χ1n) is 4.93. The predicted octanol–water partition coefficient (Wildman–Crippen LogP) is 1.77. The first kappa shape index (κ1) is 10.7. The van der Waals surface area contributed by atoms with Crippen LogP contribution in [0.2, 0.25) is 0 Å². The minimum atomic E-state index is -0.255. The summed E-state index contributed by atoms with van der Waals surface area (Å²) in [7, 11) is 0. The number of benzene rings is 1. The van der Waals surface area contributed by atoms with Crippen molar-refractivity contribution >= 4 is 0 Å². The van der Waals surface area contributed by atoms with Crippen LogP contribution in [0.1, 0.15) is 17.2 Å². The molecule has 0 aliphatic carbocycles. The molecule has 0 aliphatic heterocycles. The van der Waals surface area contributed by atoms with Crippen LogP contribution in [-0.4, -0.2) is 4.98 Å². The maximum absolute atomic E-state index is 12.8. The van der Waals surface area contributed by atoms with Crippen molar-refractivity contribution in [2.75, 3.05) is 0 Å². The third-order valence-electron chi connectivity index (χ3n) is 2.41. The second-order valence-corrected chi connectivity index (χ2v) is 3.43. The van der Waals surface area contributed by atoms with Crippen molar-refractivity contribution in [3.63, 3.8) is 0 Å². The van der Waals surface area contributed by atoms with Crippen molar-refractivity contribution in [1.29, 1.82) is 0 Å². The van der Waals surface area contributed by atoms with Crippen LogP contribution in [-0.2, 0) is 0 Å². The summed E-state index contributed by atoms with van der Waals surface area (Å²) in [5.41, 5.74) is 4.61. The molecular weight excluding hydrogens is 205 g/mol. The molecule has 0 unspecified atom stereocenters. The van der Waals surface area contributed by atoms with Gasteiger partial charge in [0.15, 0.2) is 0 Å². The maximum Gasteiger partial charge on any atom is 0.123 e. The first-order chi connectivity index (χ1) is 7.81. The van der Waals surface area contributed by atoms with Gasteiger partial charge in [0, 0.05) is 12.4 Å². The second-order valence-electron chi connectivity index (χ2n) is 3.43. The number of hydrazine groups is 1. The molecule has 1 heterocycles. The summed E-state index contributed by atoms with van der Waals surface area (Å²) in [5, 5.41) is 0. The zero-order valence-electron chi connectivity index (χ0n) is 8.60. The molecule has 0 fully saturated rings. The molecule has 1 aromatic carbocycles. The molecule has 0 aliphatic rings. The molecule has 16 heavy (non-hydrogen) atoms. The molecule has 0 bridgehead atoms. The Labute approximate surface area is 93.1 Å². The molecule has 0 radical (unpaired) electrons. The normalized spacial score (nSPS) is 12.4. The molecule has 0 amide bonds. The summed E-state index contributed by atoms with van der Waals surface area (Å²) in [5.74, 6) is 5.26. The van der Waals surface area contributed by atoms with E-state index in [2.05, 4.69) is 10.4 Å². The minimum absolute atomic E-state index is 0.149. The summed E-state index contributed by atoms with van der Waals surface area (Å²) in [4.78, 5) is 3.94. The highest BCUT2D eigenvalue weighted by atomic mass is 19.1. The van der Waals surface area contributed by atoms with E-state index in [0.717, 1.165) is 11.1 Å². The van der Waals surface area contributed by atoms with Crippen molar-refractivity contribution < 1.29 is 4.39 Å². The highest BCUT2D eigenvalue weighted by Crippen LogP contribution is 2.20. The number of nitrogens with two attached hydrogens (primary N) is 1. The summed E-state index contributed by atoms with van der Waals surface area (Å²) in [6, 6.07) is 9.84. The maximum atomic E-state index is 12.8. The lowest BCUT2D eigenvalue weighted by atomic mass is 10.0. The molecule has 3 nitrogen and oxygen atoms in total. The summed E-state index contributed by atoms with van der Waals surface area (Å²) < 4.78 is 12.8. The molecule has 0 saturated carbocycles. The van der Waals surface area contributed by atoms with Gasteiger partial charge in [-0.1, -0.05) is 12.1 Å². The number of pyridine rings is 1. The molecule has 2 rings (SSSR count). The van der Waals surface area contributed by atoms with Crippen LogP contribution in [0, 0.1) is 5.82 Å². The van der Waals surface area contributed by atoms with E-state index < -0.39 is 0 Å². The van der Waals surface area contributed by atoms with Crippen LogP contribution in [0.4, 0.5) is 4.39 Å². The lowest BCUT2D eigenvalue weighted by Gasteiger charge is -2.16. The number of aromatic nitrogens is 1. The Bertz CT molecular complexity index is 442. The smallest absolute Gasteiger partial charge is 0.123 e. The van der Waals surface area contributed by atoms with Crippen LogP contribution >= 0.6 is 0 Å². The van der Waals surface area contributed by atoms with E-state index in [9.17, 15) is 4.39 Å². The molecule has 82 valence electrons. The zero-order valence-corrected chi connectivity index (χ0v) is 8.60. The number of halogens is 1. The van der Waals surface area contributed by atoms with Gasteiger partial charge in [-0.2, -0.15) is 0 Å². The van der Waals surface area contributed by atoms with Gasteiger partial charge in [0.05, 0.1) is 6.04 Å². The molecule has 1 aromatic heterocycles. The van der Waals surface area contributed by atoms with E-state index in [-0.39, 0.29) is 11.9 Å². The van der Waals surface area contributed by atoms with E-state index in [4.69, 9.17) is 5.84 Å². The van der Waals surface area contributed by atoms with Gasteiger partial charge in [0.2, 0.25) is 0 Å². The van der Waals surface area contributed by atoms with Gasteiger partial charge in [-0.15, -0.1) is 0 Å². The topological polar surface area (TPSA) is 50.9 Å². The predicted molar refractivity (Wildman–Crippen MR) is 59.8 cm³/mol. The number of hydrogen-bond donors (Lipinski definition) is 2. The average Bonchev–Trinajstić information content (AvgIpc) is 2.34. The van der Waals surface area contributed by atoms with Crippen LogP contribution in [0.5, 0.6) is 0 Å². The molecular formula is C12H12FN3. The Hall–Kier alpha value is -1.78. The Balaban J connectivity index is 2.33. The molecule has 0 spiro atoms. The van der Waals surface area contributed by atoms with Gasteiger partial charge < -0.3 is 0 Å². The van der Waals surface area contributed by atoms with E-state index in [1.807, 2.05) is 12.1 Å². The third kappa shape index (κ3) is 2.24. The average molecular weight is 217 g/mol. The van der Waals surface area contributed by atoms with Crippen LogP contribution in [0.15, 0.2) is 48.8 Å². The first-order valence-corrected chi connectivity index (χ1v) is 4.93. The Morgan fingerprint density at radius 2 is 1.56 bits per heavy atom. The molecule has 3 N–H and O–H groups in total. The zero-order chi connectivity index (χ0) is 11.4. The van der Waals surface area contributed by atoms with Gasteiger partial charge in [-0.25, -0.2) is 9.82 Å². The SMILES string of the molecule is NN[C@H](c1ccncc1)c1ccc(F)cc1. The van der Waals surface area contributed by atoms with Crippen molar-refractivity contribution in [3.05, 3.63) is 65.7 Å². The van der Waals surface area contributed by atoms with E-state index in [1.165, 1.54) is 12.1 Å². The largest absolute Gasteiger partial charge is 0.271 e. The lowest BCUT2D eigenvalue weighted by molar-refractivity contribution is 0.615. The Morgan fingerprint density at radius 1 is 1.00 bits per heavy atom. The summed E-state index contributed by atoms with van der Waals surface area (Å²) in [6.07, 6.45) is 3.40. The standard InChI is InChI=1S/C12H12FN3/c13-11-3-1-9(2-4-11)12(16-14)10-5-7-15-8-6-10/h1-8,12,16H,14H2/t12-/m0/s1. The minimum Gasteiger partial charge on any atom is -0.271 e. The van der Waals surface area contributed by atoms with Gasteiger partial charge >= 0.3 is 0 Å². The highest BCUT2D eigenvalue weighted by molar-refractivity contribution is 5.30. The second kappa shape index (κ2) is 4.83. The molecule has 4 heteroatoms. The van der Waals surface area contributed by atoms with E-state index in [1.54, 1.807) is 24.5 Å². The van der Waals surface area contributed by atoms with Gasteiger partial charge in [-0.3, -0.25) is 10.8 Å². The van der Waals surface area contributed by atoms with Crippen molar-refractivity contribution in [1.82, 2.24) is 10.4 Å². The van der Waals surface area contributed by atoms with Crippen molar-refractivity contribution in [2.45, 2.75) is 6.04 Å². The Kier molecular flexibility index (Phi) is 3.24. The summed E-state index contributed by atoms with van der Waals surface area (Å²) in [6.45, 7) is 0. The van der Waals surface area contributed by atoms with Crippen molar-refractivity contribution in [2.24, 2.45) is 5.84 Å². The number of nitrogens with one attached hydrogen (secondary N) is 1. The fourth-order valence-electron chi connectivity index (χ4n) is 1.60. The lowest BCUT2D eigenvalue weighted by Crippen LogP contribution is -2.28. The molecule has 1 atom stereocenters. The van der Waals surface area contributed by atoms with Gasteiger partial charge in [0.25, 0.3) is 0 Å². The number of hydrogen-bond acceptors (Lipinski definition) is 3. The monoisotopic (exact) mass is 217 g/mol. The summed E-state index contributed by atoms with van der Waals surface area (Å²) >= 11 is 0. The van der Waals surface area contributed by atoms with Crippen LogP contribution < -0.4 is 11.3 Å². The molecule has 0 saturated heterocycles. The third-order valence-corrected chi connectivity index (χ3v) is 2.41. The van der Waals surface area contributed by atoms with Gasteiger partial charge in [-0.05, 0) is 35.4 Å². The fourth-order valence-corrected chi connectivity index (χ4v) is 1.60. The molecule has 2 aromatic rings. The Morgan fingerprint density at radius 3 is 2.12 bits per heavy atom. The van der Waals surface area contributed by atoms with Gasteiger partial charge in [0.1, 0.15) is 5.82 Å². The van der Waals surface area contributed by atoms with Crippen LogP contribution in [0.3, 0.4) is 0 Å². The highest BCUT2D eigenvalue weighted by Gasteiger charge is 2.11. The number of rotatable bonds is 3. The quantitative estimate of drug-likeness (QED) is 0.608. The van der Waals surface area contributed by atoms with Crippen molar-refractivity contribution in [3.8, 4) is 0 Å². The number of nitrogens with zero attached hydrogens (tertiary/aromatic N) is 1. The fraction of sp³-hybridized carbons (Fsp3) is 0.0833. The van der Waals surface area contributed by atoms with Crippen LogP contribution in [0.25, 0.3) is 0 Å². The van der Waals surface area contributed by atoms with E-state index in [0.29, 0.717) is 0 Å².